The second kappa shape index (κ2) is 6.96. The highest BCUT2D eigenvalue weighted by Crippen LogP contribution is 2.31. The minimum absolute atomic E-state index is 0.211. The highest BCUT2D eigenvalue weighted by molar-refractivity contribution is 6.10. The van der Waals surface area contributed by atoms with Gasteiger partial charge < -0.3 is 19.7 Å². The van der Waals surface area contributed by atoms with Crippen LogP contribution in [-0.4, -0.2) is 70.1 Å². The van der Waals surface area contributed by atoms with Gasteiger partial charge in [-0.25, -0.2) is 9.78 Å². The summed E-state index contributed by atoms with van der Waals surface area (Å²) in [5, 5.41) is 2.24. The number of rotatable bonds is 1. The zero-order chi connectivity index (χ0) is 19.1. The highest BCUT2D eigenvalue weighted by atomic mass is 16.2. The molecule has 2 aliphatic rings. The molecule has 1 N–H and O–H groups in total. The van der Waals surface area contributed by atoms with Crippen LogP contribution in [0.3, 0.4) is 0 Å². The van der Waals surface area contributed by atoms with Gasteiger partial charge in [-0.3, -0.25) is 4.98 Å². The van der Waals surface area contributed by atoms with Crippen LogP contribution in [0.4, 0.5) is 10.5 Å². The molecule has 3 aromatic rings. The number of H-pyrrole nitrogens is 1. The predicted molar refractivity (Wildman–Crippen MR) is 111 cm³/mol. The van der Waals surface area contributed by atoms with Crippen LogP contribution in [0.1, 0.15) is 19.8 Å². The maximum absolute atomic E-state index is 12.9. The Bertz CT molecular complexity index is 1010. The molecule has 0 aromatic carbocycles. The fourth-order valence-corrected chi connectivity index (χ4v) is 4.60. The summed E-state index contributed by atoms with van der Waals surface area (Å²) in [6.07, 6.45) is 7.95. The first-order valence-corrected chi connectivity index (χ1v) is 10.2. The number of aromatic nitrogens is 3. The fourth-order valence-electron chi connectivity index (χ4n) is 4.60. The van der Waals surface area contributed by atoms with E-state index in [4.69, 9.17) is 0 Å². The van der Waals surface area contributed by atoms with Gasteiger partial charge >= 0.3 is 6.03 Å². The SMILES string of the molecule is CC1CCCN(C(=O)N2CCN(c3ccnc4cnc5[nH]ccc5c34)CC2)C1. The molecule has 1 unspecified atom stereocenters. The van der Waals surface area contributed by atoms with Crippen LogP contribution >= 0.6 is 0 Å². The van der Waals surface area contributed by atoms with Gasteiger partial charge in [0, 0.05) is 68.1 Å². The lowest BCUT2D eigenvalue weighted by Crippen LogP contribution is -2.54. The maximum Gasteiger partial charge on any atom is 0.320 e. The molecule has 3 aromatic heterocycles. The Morgan fingerprint density at radius 1 is 1.11 bits per heavy atom. The zero-order valence-corrected chi connectivity index (χ0v) is 16.3. The summed E-state index contributed by atoms with van der Waals surface area (Å²) < 4.78 is 0. The number of fused-ring (bicyclic) bond motifs is 3. The lowest BCUT2D eigenvalue weighted by Gasteiger charge is -2.40. The molecule has 2 saturated heterocycles. The topological polar surface area (TPSA) is 68.4 Å². The van der Waals surface area contributed by atoms with Crippen molar-refractivity contribution in [1.82, 2.24) is 24.8 Å². The third-order valence-corrected chi connectivity index (χ3v) is 6.09. The maximum atomic E-state index is 12.9. The molecule has 0 bridgehead atoms. The van der Waals surface area contributed by atoms with Crippen molar-refractivity contribution in [3.63, 3.8) is 0 Å². The molecule has 1 atom stereocenters. The van der Waals surface area contributed by atoms with Gasteiger partial charge in [-0.15, -0.1) is 0 Å². The minimum Gasteiger partial charge on any atom is -0.367 e. The van der Waals surface area contributed by atoms with E-state index in [1.54, 1.807) is 0 Å². The number of carbonyl (C=O) groups is 1. The summed E-state index contributed by atoms with van der Waals surface area (Å²) in [4.78, 5) is 31.5. The molecular formula is C21H26N6O. The number of anilines is 1. The predicted octanol–water partition coefficient (Wildman–Crippen LogP) is 3.09. The van der Waals surface area contributed by atoms with Gasteiger partial charge in [0.15, 0.2) is 0 Å². The van der Waals surface area contributed by atoms with E-state index in [-0.39, 0.29) is 6.03 Å². The van der Waals surface area contributed by atoms with Crippen molar-refractivity contribution >= 4 is 33.7 Å². The number of nitrogens with zero attached hydrogens (tertiary/aromatic N) is 5. The zero-order valence-electron chi connectivity index (χ0n) is 16.3. The molecule has 2 fully saturated rings. The number of amides is 2. The molecule has 5 heterocycles. The summed E-state index contributed by atoms with van der Waals surface area (Å²) in [5.41, 5.74) is 2.97. The molecule has 7 nitrogen and oxygen atoms in total. The lowest BCUT2D eigenvalue weighted by atomic mass is 10.0. The average molecular weight is 378 g/mol. The average Bonchev–Trinajstić information content (AvgIpc) is 3.22. The number of nitrogens with one attached hydrogen (secondary N) is 1. The van der Waals surface area contributed by atoms with Crippen molar-refractivity contribution in [3.05, 3.63) is 30.7 Å². The van der Waals surface area contributed by atoms with Gasteiger partial charge in [-0.2, -0.15) is 0 Å². The molecule has 146 valence electrons. The highest BCUT2D eigenvalue weighted by Gasteiger charge is 2.28. The molecule has 5 rings (SSSR count). The van der Waals surface area contributed by atoms with Crippen LogP contribution in [0, 0.1) is 5.92 Å². The van der Waals surface area contributed by atoms with E-state index in [9.17, 15) is 4.79 Å². The monoisotopic (exact) mass is 378 g/mol. The van der Waals surface area contributed by atoms with Crippen LogP contribution < -0.4 is 4.90 Å². The second-order valence-electron chi connectivity index (χ2n) is 8.04. The Morgan fingerprint density at radius 2 is 1.96 bits per heavy atom. The Kier molecular flexibility index (Phi) is 4.30. The Balaban J connectivity index is 1.36. The number of likely N-dealkylation sites (tertiary alicyclic amines) is 1. The van der Waals surface area contributed by atoms with Crippen molar-refractivity contribution in [3.8, 4) is 0 Å². The van der Waals surface area contributed by atoms with Crippen molar-refractivity contribution in [1.29, 1.82) is 0 Å². The summed E-state index contributed by atoms with van der Waals surface area (Å²) in [6.45, 7) is 7.22. The summed E-state index contributed by atoms with van der Waals surface area (Å²) in [5.74, 6) is 0.611. The number of urea groups is 1. The third kappa shape index (κ3) is 2.95. The molecule has 2 amide bonds. The number of pyridine rings is 2. The largest absolute Gasteiger partial charge is 0.367 e. The molecule has 0 saturated carbocycles. The van der Waals surface area contributed by atoms with Crippen molar-refractivity contribution in [2.45, 2.75) is 19.8 Å². The minimum atomic E-state index is 0.211. The Labute approximate surface area is 164 Å². The lowest BCUT2D eigenvalue weighted by molar-refractivity contribution is 0.129. The fraction of sp³-hybridized carbons (Fsp3) is 0.476. The number of aromatic amines is 1. The van der Waals surface area contributed by atoms with E-state index in [1.807, 2.05) is 28.4 Å². The van der Waals surface area contributed by atoms with Gasteiger partial charge in [-0.05, 0) is 30.9 Å². The molecule has 28 heavy (non-hydrogen) atoms. The van der Waals surface area contributed by atoms with Crippen LogP contribution in [0.5, 0.6) is 0 Å². The molecular weight excluding hydrogens is 352 g/mol. The molecule has 0 aliphatic carbocycles. The summed E-state index contributed by atoms with van der Waals surface area (Å²) in [6, 6.07) is 4.36. The standard InChI is InChI=1S/C21H26N6O/c1-15-3-2-8-27(14-15)21(28)26-11-9-25(10-12-26)18-5-7-22-17-13-24-20-16(19(17)18)4-6-23-20/h4-7,13,15H,2-3,8-12,14H2,1H3,(H,23,24). The van der Waals surface area contributed by atoms with Crippen LogP contribution in [-0.2, 0) is 0 Å². The summed E-state index contributed by atoms with van der Waals surface area (Å²) >= 11 is 0. The van der Waals surface area contributed by atoms with Gasteiger partial charge in [0.05, 0.1) is 11.7 Å². The number of piperidine rings is 1. The first-order valence-electron chi connectivity index (χ1n) is 10.2. The number of piperazine rings is 1. The normalized spacial score (nSPS) is 20.9. The number of hydrogen-bond acceptors (Lipinski definition) is 4. The van der Waals surface area contributed by atoms with Gasteiger partial charge in [0.25, 0.3) is 0 Å². The van der Waals surface area contributed by atoms with E-state index in [0.717, 1.165) is 67.6 Å². The van der Waals surface area contributed by atoms with Crippen LogP contribution in [0.15, 0.2) is 30.7 Å². The quantitative estimate of drug-likeness (QED) is 0.707. The van der Waals surface area contributed by atoms with Crippen molar-refractivity contribution in [2.24, 2.45) is 5.92 Å². The van der Waals surface area contributed by atoms with Crippen molar-refractivity contribution < 1.29 is 4.79 Å². The first kappa shape index (κ1) is 17.3. The first-order chi connectivity index (χ1) is 13.7. The van der Waals surface area contributed by atoms with E-state index in [2.05, 4.69) is 38.9 Å². The molecule has 0 radical (unpaired) electrons. The summed E-state index contributed by atoms with van der Waals surface area (Å²) in [7, 11) is 0. The van der Waals surface area contributed by atoms with Crippen LogP contribution in [0.2, 0.25) is 0 Å². The van der Waals surface area contributed by atoms with Gasteiger partial charge in [0.2, 0.25) is 0 Å². The number of hydrogen-bond donors (Lipinski definition) is 1. The molecule has 7 heteroatoms. The van der Waals surface area contributed by atoms with Crippen LogP contribution in [0.25, 0.3) is 21.9 Å². The van der Waals surface area contributed by atoms with E-state index >= 15 is 0 Å². The van der Waals surface area contributed by atoms with E-state index in [0.29, 0.717) is 5.92 Å². The molecule has 2 aliphatic heterocycles. The Morgan fingerprint density at radius 3 is 2.79 bits per heavy atom. The second-order valence-corrected chi connectivity index (χ2v) is 8.04. The third-order valence-electron chi connectivity index (χ3n) is 6.09. The number of carbonyl (C=O) groups excluding carboxylic acids is 1. The van der Waals surface area contributed by atoms with Gasteiger partial charge in [-0.1, -0.05) is 6.92 Å². The molecule has 0 spiro atoms. The van der Waals surface area contributed by atoms with Gasteiger partial charge in [0.1, 0.15) is 5.65 Å². The Hall–Kier alpha value is -2.83. The van der Waals surface area contributed by atoms with Crippen molar-refractivity contribution in [2.75, 3.05) is 44.2 Å². The smallest absolute Gasteiger partial charge is 0.320 e. The van der Waals surface area contributed by atoms with E-state index in [1.165, 1.54) is 12.1 Å². The van der Waals surface area contributed by atoms with E-state index < -0.39 is 0 Å².